The third kappa shape index (κ3) is 5.58. The third-order valence-electron chi connectivity index (χ3n) is 3.35. The molecule has 4 nitrogen and oxygen atoms in total. The van der Waals surface area contributed by atoms with E-state index in [0.717, 1.165) is 16.9 Å². The molecule has 0 aliphatic carbocycles. The maximum absolute atomic E-state index is 11.9. The molecule has 2 aromatic carbocycles. The molecule has 122 valence electrons. The lowest BCUT2D eigenvalue weighted by molar-refractivity contribution is -0.120. The smallest absolute Gasteiger partial charge is 0.224 e. The van der Waals surface area contributed by atoms with Crippen molar-refractivity contribution < 1.29 is 14.6 Å². The number of carbonyl (C=O) groups is 1. The first kappa shape index (κ1) is 17.3. The molecule has 0 saturated carbocycles. The Bertz CT molecular complexity index is 626. The van der Waals surface area contributed by atoms with Crippen molar-refractivity contribution in [3.63, 3.8) is 0 Å². The van der Waals surface area contributed by atoms with Gasteiger partial charge >= 0.3 is 0 Å². The minimum atomic E-state index is -0.753. The highest BCUT2D eigenvalue weighted by Gasteiger charge is 2.10. The Morgan fingerprint density at radius 1 is 1.17 bits per heavy atom. The predicted molar refractivity (Wildman–Crippen MR) is 90.7 cm³/mol. The summed E-state index contributed by atoms with van der Waals surface area (Å²) < 4.78 is 5.36. The average molecular weight is 334 g/mol. The predicted octanol–water partition coefficient (Wildman–Crippen LogP) is 3.13. The summed E-state index contributed by atoms with van der Waals surface area (Å²) in [5.74, 6) is 0.650. The fraction of sp³-hybridized carbons (Fsp3) is 0.278. The number of carbonyl (C=O) groups excluding carboxylic acids is 1. The Morgan fingerprint density at radius 3 is 2.43 bits per heavy atom. The SMILES string of the molecule is CCOc1ccc(CC(=O)NCC(O)c2ccc(Cl)cc2)cc1. The van der Waals surface area contributed by atoms with Gasteiger partial charge in [-0.1, -0.05) is 35.9 Å². The highest BCUT2D eigenvalue weighted by atomic mass is 35.5. The quantitative estimate of drug-likeness (QED) is 0.818. The van der Waals surface area contributed by atoms with Crippen molar-refractivity contribution in [2.24, 2.45) is 0 Å². The van der Waals surface area contributed by atoms with Gasteiger partial charge in [-0.2, -0.15) is 0 Å². The Labute approximate surface area is 141 Å². The van der Waals surface area contributed by atoms with Crippen LogP contribution in [0.25, 0.3) is 0 Å². The second-order valence-electron chi connectivity index (χ2n) is 5.13. The van der Waals surface area contributed by atoms with E-state index in [1.165, 1.54) is 0 Å². The van der Waals surface area contributed by atoms with Crippen molar-refractivity contribution in [2.45, 2.75) is 19.4 Å². The highest BCUT2D eigenvalue weighted by Crippen LogP contribution is 2.16. The summed E-state index contributed by atoms with van der Waals surface area (Å²) in [6.07, 6.45) is -0.490. The highest BCUT2D eigenvalue weighted by molar-refractivity contribution is 6.30. The molecule has 0 heterocycles. The van der Waals surface area contributed by atoms with Crippen LogP contribution in [-0.4, -0.2) is 24.2 Å². The molecule has 5 heteroatoms. The van der Waals surface area contributed by atoms with Crippen LogP contribution in [0.4, 0.5) is 0 Å². The monoisotopic (exact) mass is 333 g/mol. The van der Waals surface area contributed by atoms with Crippen LogP contribution < -0.4 is 10.1 Å². The zero-order valence-electron chi connectivity index (χ0n) is 13.0. The van der Waals surface area contributed by atoms with Crippen LogP contribution >= 0.6 is 11.6 Å². The van der Waals surface area contributed by atoms with E-state index < -0.39 is 6.10 Å². The molecule has 0 bridgehead atoms. The van der Waals surface area contributed by atoms with Gasteiger partial charge in [0.2, 0.25) is 5.91 Å². The van der Waals surface area contributed by atoms with E-state index in [1.807, 2.05) is 31.2 Å². The van der Waals surface area contributed by atoms with Crippen molar-refractivity contribution in [3.8, 4) is 5.75 Å². The summed E-state index contributed by atoms with van der Waals surface area (Å²) in [6.45, 7) is 2.70. The van der Waals surface area contributed by atoms with E-state index in [-0.39, 0.29) is 18.9 Å². The zero-order valence-corrected chi connectivity index (χ0v) is 13.7. The molecule has 0 aromatic heterocycles. The number of nitrogens with one attached hydrogen (secondary N) is 1. The molecule has 2 N–H and O–H groups in total. The van der Waals surface area contributed by atoms with Gasteiger partial charge in [0.05, 0.1) is 19.1 Å². The molecule has 1 atom stereocenters. The van der Waals surface area contributed by atoms with Gasteiger partial charge in [-0.3, -0.25) is 4.79 Å². The van der Waals surface area contributed by atoms with Gasteiger partial charge in [0.25, 0.3) is 0 Å². The molecule has 0 aliphatic heterocycles. The number of amides is 1. The lowest BCUT2D eigenvalue weighted by atomic mass is 10.1. The summed E-state index contributed by atoms with van der Waals surface area (Å²) in [4.78, 5) is 11.9. The third-order valence-corrected chi connectivity index (χ3v) is 3.60. The lowest BCUT2D eigenvalue weighted by Gasteiger charge is -2.12. The second-order valence-corrected chi connectivity index (χ2v) is 5.56. The van der Waals surface area contributed by atoms with Crippen molar-refractivity contribution in [1.29, 1.82) is 0 Å². The Kier molecular flexibility index (Phi) is 6.44. The molecule has 0 aliphatic rings. The van der Waals surface area contributed by atoms with Crippen LogP contribution in [0.5, 0.6) is 5.75 Å². The van der Waals surface area contributed by atoms with Crippen LogP contribution in [0, 0.1) is 0 Å². The van der Waals surface area contributed by atoms with Crippen molar-refractivity contribution in [1.82, 2.24) is 5.32 Å². The molecule has 0 radical (unpaired) electrons. The largest absolute Gasteiger partial charge is 0.494 e. The number of hydrogen-bond acceptors (Lipinski definition) is 3. The van der Waals surface area contributed by atoms with Gasteiger partial charge in [-0.15, -0.1) is 0 Å². The summed E-state index contributed by atoms with van der Waals surface area (Å²) in [6, 6.07) is 14.3. The Balaban J connectivity index is 1.81. The van der Waals surface area contributed by atoms with E-state index >= 15 is 0 Å². The van der Waals surface area contributed by atoms with Gasteiger partial charge < -0.3 is 15.2 Å². The number of benzene rings is 2. The first-order valence-corrected chi connectivity index (χ1v) is 7.88. The fourth-order valence-electron chi connectivity index (χ4n) is 2.13. The maximum Gasteiger partial charge on any atom is 0.224 e. The van der Waals surface area contributed by atoms with Crippen LogP contribution in [-0.2, 0) is 11.2 Å². The summed E-state index contributed by atoms with van der Waals surface area (Å²) in [5, 5.41) is 13.4. The summed E-state index contributed by atoms with van der Waals surface area (Å²) in [5.41, 5.74) is 1.61. The van der Waals surface area contributed by atoms with Crippen LogP contribution in [0.15, 0.2) is 48.5 Å². The molecular weight excluding hydrogens is 314 g/mol. The van der Waals surface area contributed by atoms with Crippen molar-refractivity contribution in [2.75, 3.05) is 13.2 Å². The van der Waals surface area contributed by atoms with Gasteiger partial charge in [-0.05, 0) is 42.3 Å². The molecule has 0 saturated heterocycles. The van der Waals surface area contributed by atoms with Gasteiger partial charge in [-0.25, -0.2) is 0 Å². The molecule has 1 amide bonds. The van der Waals surface area contributed by atoms with Crippen molar-refractivity contribution in [3.05, 3.63) is 64.7 Å². The Hall–Kier alpha value is -2.04. The molecule has 0 fully saturated rings. The zero-order chi connectivity index (χ0) is 16.7. The lowest BCUT2D eigenvalue weighted by Crippen LogP contribution is -2.29. The van der Waals surface area contributed by atoms with E-state index in [2.05, 4.69) is 5.32 Å². The van der Waals surface area contributed by atoms with Crippen LogP contribution in [0.3, 0.4) is 0 Å². The first-order valence-electron chi connectivity index (χ1n) is 7.50. The normalized spacial score (nSPS) is 11.8. The molecule has 1 unspecified atom stereocenters. The first-order chi connectivity index (χ1) is 11.1. The summed E-state index contributed by atoms with van der Waals surface area (Å²) in [7, 11) is 0. The fourth-order valence-corrected chi connectivity index (χ4v) is 2.26. The van der Waals surface area contributed by atoms with Crippen molar-refractivity contribution >= 4 is 17.5 Å². The molecule has 2 rings (SSSR count). The van der Waals surface area contributed by atoms with Gasteiger partial charge in [0.1, 0.15) is 5.75 Å². The number of halogens is 1. The van der Waals surface area contributed by atoms with Gasteiger partial charge in [0, 0.05) is 11.6 Å². The van der Waals surface area contributed by atoms with Gasteiger partial charge in [0.15, 0.2) is 0 Å². The molecule has 0 spiro atoms. The number of hydrogen-bond donors (Lipinski definition) is 2. The van der Waals surface area contributed by atoms with E-state index in [4.69, 9.17) is 16.3 Å². The summed E-state index contributed by atoms with van der Waals surface area (Å²) >= 11 is 5.80. The molecule has 2 aromatic rings. The minimum Gasteiger partial charge on any atom is -0.494 e. The molecule has 23 heavy (non-hydrogen) atoms. The Morgan fingerprint density at radius 2 is 1.83 bits per heavy atom. The standard InChI is InChI=1S/C18H20ClNO3/c1-2-23-16-9-3-13(4-10-16)11-18(22)20-12-17(21)14-5-7-15(19)8-6-14/h3-10,17,21H,2,11-12H2,1H3,(H,20,22). The van der Waals surface area contributed by atoms with E-state index in [0.29, 0.717) is 11.6 Å². The molecular formula is C18H20ClNO3. The van der Waals surface area contributed by atoms with Crippen LogP contribution in [0.1, 0.15) is 24.2 Å². The minimum absolute atomic E-state index is 0.137. The van der Waals surface area contributed by atoms with E-state index in [1.54, 1.807) is 24.3 Å². The maximum atomic E-state index is 11.9. The average Bonchev–Trinajstić information content (AvgIpc) is 2.55. The number of ether oxygens (including phenoxy) is 1. The topological polar surface area (TPSA) is 58.6 Å². The number of aliphatic hydroxyl groups is 1. The second kappa shape index (κ2) is 8.56. The number of rotatable bonds is 7. The van der Waals surface area contributed by atoms with E-state index in [9.17, 15) is 9.90 Å². The van der Waals surface area contributed by atoms with Crippen LogP contribution in [0.2, 0.25) is 5.02 Å². The number of aliphatic hydroxyl groups excluding tert-OH is 1.